The van der Waals surface area contributed by atoms with Gasteiger partial charge in [-0.2, -0.15) is 0 Å². The molecular formula is C20H32N2O3S. The molecule has 0 unspecified atom stereocenters. The molecule has 2 rings (SSSR count). The van der Waals surface area contributed by atoms with Crippen molar-refractivity contribution in [3.63, 3.8) is 0 Å². The quantitative estimate of drug-likeness (QED) is 0.597. The lowest BCUT2D eigenvalue weighted by atomic mass is 10.1. The summed E-state index contributed by atoms with van der Waals surface area (Å²) in [6.45, 7) is 3.43. The Kier molecular flexibility index (Phi) is 10.4. The molecule has 0 fully saturated rings. The first-order valence-corrected chi connectivity index (χ1v) is 10.5. The fourth-order valence-electron chi connectivity index (χ4n) is 2.96. The Morgan fingerprint density at radius 1 is 1.19 bits per heavy atom. The topological polar surface area (TPSA) is 50.8 Å². The van der Waals surface area contributed by atoms with Crippen molar-refractivity contribution in [2.24, 2.45) is 0 Å². The second-order valence-electron chi connectivity index (χ2n) is 6.59. The summed E-state index contributed by atoms with van der Waals surface area (Å²) in [6.07, 6.45) is 9.38. The molecule has 1 N–H and O–H groups in total. The van der Waals surface area contributed by atoms with Crippen LogP contribution in [0.4, 0.5) is 4.79 Å². The number of hydrogen-bond acceptors (Lipinski definition) is 5. The Balaban J connectivity index is 1.89. The van der Waals surface area contributed by atoms with Crippen LogP contribution in [0.25, 0.3) is 0 Å². The van der Waals surface area contributed by atoms with Crippen molar-refractivity contribution in [1.29, 1.82) is 0 Å². The van der Waals surface area contributed by atoms with Gasteiger partial charge >= 0.3 is 6.09 Å². The van der Waals surface area contributed by atoms with Crippen molar-refractivity contribution in [2.75, 3.05) is 33.4 Å². The van der Waals surface area contributed by atoms with Crippen LogP contribution < -0.4 is 10.1 Å². The average Bonchev–Trinajstić information content (AvgIpc) is 2.66. The van der Waals surface area contributed by atoms with Gasteiger partial charge in [-0.1, -0.05) is 38.2 Å². The van der Waals surface area contributed by atoms with Crippen LogP contribution in [0.1, 0.15) is 51.4 Å². The minimum atomic E-state index is -0.362. The smallest absolute Gasteiger partial charge is 0.406 e. The van der Waals surface area contributed by atoms with Crippen molar-refractivity contribution in [3.05, 3.63) is 24.3 Å². The summed E-state index contributed by atoms with van der Waals surface area (Å²) in [5.74, 6) is 0.956. The number of methoxy groups -OCH3 is 1. The maximum Gasteiger partial charge on any atom is 0.406 e. The SMILES string of the molecule is COC(=O)NCCCN1CCCCCCCCCOc2cccc(c2)S1. The summed E-state index contributed by atoms with van der Waals surface area (Å²) >= 11 is 1.78. The van der Waals surface area contributed by atoms with Gasteiger partial charge < -0.3 is 14.8 Å². The monoisotopic (exact) mass is 380 g/mol. The first kappa shape index (κ1) is 20.9. The third-order valence-corrected chi connectivity index (χ3v) is 5.49. The highest BCUT2D eigenvalue weighted by atomic mass is 32.2. The van der Waals surface area contributed by atoms with E-state index in [4.69, 9.17) is 4.74 Å². The van der Waals surface area contributed by atoms with Crippen molar-refractivity contribution >= 4 is 18.0 Å². The van der Waals surface area contributed by atoms with Crippen LogP contribution in [0.15, 0.2) is 29.2 Å². The van der Waals surface area contributed by atoms with Crippen LogP contribution >= 0.6 is 11.9 Å². The Morgan fingerprint density at radius 3 is 2.77 bits per heavy atom. The number of carbonyl (C=O) groups is 1. The first-order valence-electron chi connectivity index (χ1n) is 9.75. The van der Waals surface area contributed by atoms with Crippen LogP contribution in [0.2, 0.25) is 0 Å². The van der Waals surface area contributed by atoms with Crippen molar-refractivity contribution < 1.29 is 14.3 Å². The number of hydrogen-bond donors (Lipinski definition) is 1. The average molecular weight is 381 g/mol. The summed E-state index contributed by atoms with van der Waals surface area (Å²) < 4.78 is 12.9. The van der Waals surface area contributed by atoms with E-state index >= 15 is 0 Å². The molecule has 1 heterocycles. The zero-order valence-corrected chi connectivity index (χ0v) is 16.7. The van der Waals surface area contributed by atoms with E-state index in [2.05, 4.69) is 32.6 Å². The maximum atomic E-state index is 11.2. The second kappa shape index (κ2) is 12.9. The molecule has 0 atom stereocenters. The molecule has 1 aliphatic rings. The van der Waals surface area contributed by atoms with E-state index in [9.17, 15) is 4.79 Å². The van der Waals surface area contributed by atoms with Gasteiger partial charge in [-0.25, -0.2) is 9.10 Å². The lowest BCUT2D eigenvalue weighted by Crippen LogP contribution is -2.27. The van der Waals surface area contributed by atoms with Crippen LogP contribution in [-0.2, 0) is 4.74 Å². The van der Waals surface area contributed by atoms with E-state index in [0.717, 1.165) is 38.3 Å². The number of ether oxygens (including phenoxy) is 2. The van der Waals surface area contributed by atoms with Gasteiger partial charge in [-0.3, -0.25) is 0 Å². The van der Waals surface area contributed by atoms with E-state index in [1.165, 1.54) is 50.5 Å². The molecule has 0 spiro atoms. The van der Waals surface area contributed by atoms with Crippen LogP contribution in [0.3, 0.4) is 0 Å². The summed E-state index contributed by atoms with van der Waals surface area (Å²) in [6, 6.07) is 8.36. The molecule has 146 valence electrons. The zero-order valence-electron chi connectivity index (χ0n) is 15.9. The molecule has 26 heavy (non-hydrogen) atoms. The number of alkyl carbamates (subject to hydrolysis) is 1. The molecule has 6 heteroatoms. The summed E-state index contributed by atoms with van der Waals surface area (Å²) in [4.78, 5) is 12.4. The van der Waals surface area contributed by atoms with E-state index in [-0.39, 0.29) is 6.09 Å². The van der Waals surface area contributed by atoms with Gasteiger partial charge in [0, 0.05) is 24.5 Å². The van der Waals surface area contributed by atoms with Crippen LogP contribution in [0.5, 0.6) is 5.75 Å². The molecule has 0 aromatic heterocycles. The predicted molar refractivity (Wildman–Crippen MR) is 107 cm³/mol. The van der Waals surface area contributed by atoms with Gasteiger partial charge in [0.05, 0.1) is 13.7 Å². The molecule has 1 aromatic rings. The van der Waals surface area contributed by atoms with E-state index in [0.29, 0.717) is 6.54 Å². The predicted octanol–water partition coefficient (Wildman–Crippen LogP) is 4.86. The standard InChI is InChI=1S/C20H32N2O3S/c1-24-20(23)21-13-10-15-22-14-7-5-3-2-4-6-8-16-25-18-11-9-12-19(17-18)26-22/h9,11-12,17H,2-8,10,13-16H2,1H3,(H,21,23). The molecule has 0 aliphatic carbocycles. The molecule has 1 aliphatic heterocycles. The lowest BCUT2D eigenvalue weighted by Gasteiger charge is -2.21. The van der Waals surface area contributed by atoms with Gasteiger partial charge in [-0.05, 0) is 49.4 Å². The Morgan fingerprint density at radius 2 is 1.96 bits per heavy atom. The number of nitrogens with zero attached hydrogens (tertiary/aromatic N) is 1. The summed E-state index contributed by atoms with van der Waals surface area (Å²) in [5.41, 5.74) is 0. The van der Waals surface area contributed by atoms with E-state index in [1.54, 1.807) is 11.9 Å². The maximum absolute atomic E-state index is 11.2. The normalized spacial score (nSPS) is 17.4. The van der Waals surface area contributed by atoms with Crippen molar-refractivity contribution in [3.8, 4) is 5.75 Å². The lowest BCUT2D eigenvalue weighted by molar-refractivity contribution is 0.170. The number of nitrogens with one attached hydrogen (secondary N) is 1. The van der Waals surface area contributed by atoms with E-state index in [1.807, 2.05) is 6.07 Å². The van der Waals surface area contributed by atoms with Gasteiger partial charge in [0.25, 0.3) is 0 Å². The number of benzene rings is 1. The number of fused-ring (bicyclic) bond motifs is 2. The third-order valence-electron chi connectivity index (χ3n) is 4.40. The highest BCUT2D eigenvalue weighted by molar-refractivity contribution is 7.97. The Labute approximate surface area is 161 Å². The second-order valence-corrected chi connectivity index (χ2v) is 7.76. The Bertz CT molecular complexity index is 528. The molecule has 1 amide bonds. The fourth-order valence-corrected chi connectivity index (χ4v) is 4.00. The molecular weight excluding hydrogens is 348 g/mol. The largest absolute Gasteiger partial charge is 0.494 e. The zero-order chi connectivity index (χ0) is 18.5. The van der Waals surface area contributed by atoms with E-state index < -0.39 is 0 Å². The molecule has 5 nitrogen and oxygen atoms in total. The number of rotatable bonds is 4. The molecule has 0 saturated carbocycles. The number of carbonyl (C=O) groups excluding carboxylic acids is 1. The minimum absolute atomic E-state index is 0.362. The van der Waals surface area contributed by atoms with Gasteiger partial charge in [0.2, 0.25) is 0 Å². The highest BCUT2D eigenvalue weighted by Gasteiger charge is 2.09. The van der Waals surface area contributed by atoms with Gasteiger partial charge in [0.1, 0.15) is 5.75 Å². The van der Waals surface area contributed by atoms with Gasteiger partial charge in [0.15, 0.2) is 0 Å². The molecule has 2 bridgehead atoms. The molecule has 1 aromatic carbocycles. The highest BCUT2D eigenvalue weighted by Crippen LogP contribution is 2.27. The van der Waals surface area contributed by atoms with Crippen LogP contribution in [0, 0.1) is 0 Å². The Hall–Kier alpha value is -1.40. The van der Waals surface area contributed by atoms with Crippen LogP contribution in [-0.4, -0.2) is 43.7 Å². The molecule has 0 saturated heterocycles. The van der Waals surface area contributed by atoms with Gasteiger partial charge in [-0.15, -0.1) is 0 Å². The third kappa shape index (κ3) is 8.81. The fraction of sp³-hybridized carbons (Fsp3) is 0.650. The first-order chi connectivity index (χ1) is 12.8. The van der Waals surface area contributed by atoms with Crippen molar-refractivity contribution in [1.82, 2.24) is 9.62 Å². The summed E-state index contributed by atoms with van der Waals surface area (Å²) in [5, 5.41) is 2.75. The summed E-state index contributed by atoms with van der Waals surface area (Å²) in [7, 11) is 1.39. The van der Waals surface area contributed by atoms with Crippen molar-refractivity contribution in [2.45, 2.75) is 56.3 Å². The molecule has 0 radical (unpaired) electrons. The minimum Gasteiger partial charge on any atom is -0.494 e. The number of amides is 1.